The molecule has 0 bridgehead atoms. The number of aryl methyl sites for hydroxylation is 1. The molecule has 0 spiro atoms. The van der Waals surface area contributed by atoms with Crippen molar-refractivity contribution in [3.8, 4) is 0 Å². The summed E-state index contributed by atoms with van der Waals surface area (Å²) in [5.41, 5.74) is 1.57. The Balaban J connectivity index is 2.21. The first kappa shape index (κ1) is 15.5. The van der Waals surface area contributed by atoms with Gasteiger partial charge in [0.25, 0.3) is 10.0 Å². The van der Waals surface area contributed by atoms with Crippen molar-refractivity contribution in [2.45, 2.75) is 24.8 Å². The predicted octanol–water partition coefficient (Wildman–Crippen LogP) is 1.89. The second kappa shape index (κ2) is 6.28. The number of hydrogen-bond donors (Lipinski definition) is 2. The number of aromatic nitrogens is 2. The molecule has 0 aliphatic carbocycles. The second-order valence-electron chi connectivity index (χ2n) is 4.86. The summed E-state index contributed by atoms with van der Waals surface area (Å²) >= 11 is 0. The highest BCUT2D eigenvalue weighted by Gasteiger charge is 2.16. The van der Waals surface area contributed by atoms with E-state index in [4.69, 9.17) is 0 Å². The van der Waals surface area contributed by atoms with E-state index in [1.807, 2.05) is 32.0 Å². The first-order valence-electron chi connectivity index (χ1n) is 6.77. The van der Waals surface area contributed by atoms with Crippen LogP contribution >= 0.6 is 0 Å². The maximum Gasteiger partial charge on any atom is 0.265 e. The van der Waals surface area contributed by atoms with Crippen LogP contribution in [0.4, 0.5) is 5.69 Å². The highest BCUT2D eigenvalue weighted by molar-refractivity contribution is 7.92. The van der Waals surface area contributed by atoms with Gasteiger partial charge in [0, 0.05) is 25.0 Å². The third-order valence-corrected chi connectivity index (χ3v) is 4.48. The van der Waals surface area contributed by atoms with Crippen LogP contribution in [0.2, 0.25) is 0 Å². The van der Waals surface area contributed by atoms with Crippen molar-refractivity contribution in [3.05, 3.63) is 42.2 Å². The molecule has 0 aliphatic heterocycles. The van der Waals surface area contributed by atoms with Crippen LogP contribution in [0.5, 0.6) is 0 Å². The van der Waals surface area contributed by atoms with Crippen LogP contribution in [0.15, 0.2) is 41.6 Å². The zero-order valence-corrected chi connectivity index (χ0v) is 13.2. The Kier molecular flexibility index (Phi) is 4.64. The summed E-state index contributed by atoms with van der Waals surface area (Å²) in [5.74, 6) is 0. The Labute approximate surface area is 125 Å². The van der Waals surface area contributed by atoms with Gasteiger partial charge < -0.3 is 5.32 Å². The van der Waals surface area contributed by atoms with E-state index < -0.39 is 10.0 Å². The van der Waals surface area contributed by atoms with Crippen LogP contribution in [-0.4, -0.2) is 24.7 Å². The van der Waals surface area contributed by atoms with Gasteiger partial charge in [0.2, 0.25) is 0 Å². The quantitative estimate of drug-likeness (QED) is 0.854. The standard InChI is InChI=1S/C14H20N4O2S/c1-4-15-11(2)12-6-5-7-13(8-12)17-21(19,20)14-9-16-18(3)10-14/h5-11,15,17H,4H2,1-3H3. The van der Waals surface area contributed by atoms with Crippen molar-refractivity contribution in [1.29, 1.82) is 0 Å². The van der Waals surface area contributed by atoms with Gasteiger partial charge in [0.1, 0.15) is 4.90 Å². The fraction of sp³-hybridized carbons (Fsp3) is 0.357. The van der Waals surface area contributed by atoms with E-state index in [1.165, 1.54) is 17.1 Å². The molecule has 7 heteroatoms. The summed E-state index contributed by atoms with van der Waals surface area (Å²) in [5, 5.41) is 7.18. The van der Waals surface area contributed by atoms with E-state index in [0.717, 1.165) is 12.1 Å². The Morgan fingerprint density at radius 2 is 2.14 bits per heavy atom. The SMILES string of the molecule is CCNC(C)c1cccc(NS(=O)(=O)c2cnn(C)c2)c1. The van der Waals surface area contributed by atoms with E-state index in [1.54, 1.807) is 13.1 Å². The van der Waals surface area contributed by atoms with Crippen molar-refractivity contribution in [1.82, 2.24) is 15.1 Å². The molecule has 1 atom stereocenters. The average molecular weight is 308 g/mol. The van der Waals surface area contributed by atoms with Crippen molar-refractivity contribution in [2.75, 3.05) is 11.3 Å². The van der Waals surface area contributed by atoms with Crippen molar-refractivity contribution >= 4 is 15.7 Å². The minimum absolute atomic E-state index is 0.148. The van der Waals surface area contributed by atoms with Gasteiger partial charge >= 0.3 is 0 Å². The number of nitrogens with zero attached hydrogens (tertiary/aromatic N) is 2. The van der Waals surface area contributed by atoms with Crippen LogP contribution in [0.3, 0.4) is 0 Å². The molecule has 21 heavy (non-hydrogen) atoms. The maximum absolute atomic E-state index is 12.2. The smallest absolute Gasteiger partial charge is 0.265 e. The molecule has 0 radical (unpaired) electrons. The summed E-state index contributed by atoms with van der Waals surface area (Å²) < 4.78 is 28.5. The van der Waals surface area contributed by atoms with Gasteiger partial charge in [-0.25, -0.2) is 8.42 Å². The van der Waals surface area contributed by atoms with Crippen molar-refractivity contribution < 1.29 is 8.42 Å². The number of hydrogen-bond acceptors (Lipinski definition) is 4. The van der Waals surface area contributed by atoms with Gasteiger partial charge in [-0.3, -0.25) is 9.40 Å². The molecule has 2 rings (SSSR count). The Morgan fingerprint density at radius 1 is 1.38 bits per heavy atom. The Bertz CT molecular complexity index is 709. The molecule has 2 N–H and O–H groups in total. The Morgan fingerprint density at radius 3 is 2.76 bits per heavy atom. The molecule has 0 saturated carbocycles. The Hall–Kier alpha value is -1.86. The highest BCUT2D eigenvalue weighted by Crippen LogP contribution is 2.20. The number of benzene rings is 1. The molecular formula is C14H20N4O2S. The van der Waals surface area contributed by atoms with E-state index in [-0.39, 0.29) is 10.9 Å². The monoisotopic (exact) mass is 308 g/mol. The molecule has 1 aromatic heterocycles. The van der Waals surface area contributed by atoms with Crippen LogP contribution in [0.25, 0.3) is 0 Å². The van der Waals surface area contributed by atoms with Crippen LogP contribution < -0.4 is 10.0 Å². The number of sulfonamides is 1. The van der Waals surface area contributed by atoms with Crippen LogP contribution in [-0.2, 0) is 17.1 Å². The van der Waals surface area contributed by atoms with Gasteiger partial charge in [-0.05, 0) is 31.2 Å². The minimum atomic E-state index is -3.60. The summed E-state index contributed by atoms with van der Waals surface area (Å²) in [6, 6.07) is 7.54. The first-order valence-corrected chi connectivity index (χ1v) is 8.25. The number of nitrogens with one attached hydrogen (secondary N) is 2. The second-order valence-corrected chi connectivity index (χ2v) is 6.54. The highest BCUT2D eigenvalue weighted by atomic mass is 32.2. The minimum Gasteiger partial charge on any atom is -0.310 e. The molecule has 114 valence electrons. The van der Waals surface area contributed by atoms with Crippen molar-refractivity contribution in [2.24, 2.45) is 7.05 Å². The normalized spacial score (nSPS) is 13.1. The van der Waals surface area contributed by atoms with Gasteiger partial charge in [-0.15, -0.1) is 0 Å². The molecule has 1 unspecified atom stereocenters. The van der Waals surface area contributed by atoms with E-state index >= 15 is 0 Å². The molecule has 0 amide bonds. The molecule has 1 heterocycles. The lowest BCUT2D eigenvalue weighted by Crippen LogP contribution is -2.18. The van der Waals surface area contributed by atoms with E-state index in [2.05, 4.69) is 15.1 Å². The lowest BCUT2D eigenvalue weighted by Gasteiger charge is -2.14. The molecule has 0 fully saturated rings. The van der Waals surface area contributed by atoms with E-state index in [0.29, 0.717) is 5.69 Å². The lowest BCUT2D eigenvalue weighted by atomic mass is 10.1. The molecular weight excluding hydrogens is 288 g/mol. The van der Waals surface area contributed by atoms with Crippen LogP contribution in [0, 0.1) is 0 Å². The summed E-state index contributed by atoms with van der Waals surface area (Å²) in [4.78, 5) is 0.148. The first-order chi connectivity index (χ1) is 9.92. The van der Waals surface area contributed by atoms with Gasteiger partial charge in [0.15, 0.2) is 0 Å². The van der Waals surface area contributed by atoms with Crippen molar-refractivity contribution in [3.63, 3.8) is 0 Å². The van der Waals surface area contributed by atoms with Gasteiger partial charge in [-0.2, -0.15) is 5.10 Å². The molecule has 0 saturated heterocycles. The third kappa shape index (κ3) is 3.83. The molecule has 2 aromatic rings. The molecule has 1 aromatic carbocycles. The average Bonchev–Trinajstić information content (AvgIpc) is 2.86. The maximum atomic E-state index is 12.2. The van der Waals surface area contributed by atoms with Gasteiger partial charge in [0.05, 0.1) is 6.20 Å². The molecule has 6 nitrogen and oxygen atoms in total. The topological polar surface area (TPSA) is 76.0 Å². The zero-order chi connectivity index (χ0) is 15.5. The van der Waals surface area contributed by atoms with Crippen LogP contribution in [0.1, 0.15) is 25.5 Å². The summed E-state index contributed by atoms with van der Waals surface area (Å²) in [7, 11) is -1.92. The third-order valence-electron chi connectivity index (χ3n) is 3.14. The summed E-state index contributed by atoms with van der Waals surface area (Å²) in [6.45, 7) is 4.93. The van der Waals surface area contributed by atoms with E-state index in [9.17, 15) is 8.42 Å². The fourth-order valence-corrected chi connectivity index (χ4v) is 3.08. The summed E-state index contributed by atoms with van der Waals surface area (Å²) in [6.07, 6.45) is 2.79. The number of anilines is 1. The lowest BCUT2D eigenvalue weighted by molar-refractivity contribution is 0.597. The largest absolute Gasteiger partial charge is 0.310 e. The molecule has 0 aliphatic rings. The van der Waals surface area contributed by atoms with Gasteiger partial charge in [-0.1, -0.05) is 19.1 Å². The zero-order valence-electron chi connectivity index (χ0n) is 12.4. The number of rotatable bonds is 6. The fourth-order valence-electron chi connectivity index (χ4n) is 2.05. The predicted molar refractivity (Wildman–Crippen MR) is 82.6 cm³/mol.